The molecule has 0 heterocycles. The van der Waals surface area contributed by atoms with Gasteiger partial charge in [0.1, 0.15) is 0 Å². The molecule has 0 radical (unpaired) electrons. The third kappa shape index (κ3) is 5.06. The Labute approximate surface area is 72.4 Å². The van der Waals surface area contributed by atoms with Gasteiger partial charge in [-0.05, 0) is 19.4 Å². The minimum absolute atomic E-state index is 0.283. The van der Waals surface area contributed by atoms with Crippen LogP contribution in [-0.2, 0) is 9.63 Å². The van der Waals surface area contributed by atoms with Gasteiger partial charge in [0.2, 0.25) is 0 Å². The zero-order valence-electron chi connectivity index (χ0n) is 7.38. The summed E-state index contributed by atoms with van der Waals surface area (Å²) in [6, 6.07) is -0.489. The van der Waals surface area contributed by atoms with E-state index in [1.54, 1.807) is 0 Å². The molecule has 5 nitrogen and oxygen atoms in total. The average molecular weight is 175 g/mol. The summed E-state index contributed by atoms with van der Waals surface area (Å²) >= 11 is 0. The van der Waals surface area contributed by atoms with Crippen LogP contribution in [0.2, 0.25) is 0 Å². The van der Waals surface area contributed by atoms with Crippen LogP contribution in [0, 0.1) is 0 Å². The highest BCUT2D eigenvalue weighted by Crippen LogP contribution is 1.97. The predicted molar refractivity (Wildman–Crippen MR) is 46.0 cm³/mol. The Morgan fingerprint density at radius 3 is 2.75 bits per heavy atom. The standard InChI is InChI=1S/C7H17N3O2/c1-12-10-7(11)6(9)4-2-3-5-8/h6H,2-5,8-9H2,1H3,(H,10,11)/t6-/m0/s1. The second kappa shape index (κ2) is 7.02. The normalized spacial score (nSPS) is 12.6. The third-order valence-corrected chi connectivity index (χ3v) is 1.51. The van der Waals surface area contributed by atoms with Crippen molar-refractivity contribution in [1.29, 1.82) is 0 Å². The van der Waals surface area contributed by atoms with E-state index in [0.29, 0.717) is 13.0 Å². The maximum atomic E-state index is 10.9. The van der Waals surface area contributed by atoms with Crippen molar-refractivity contribution in [2.24, 2.45) is 11.5 Å². The summed E-state index contributed by atoms with van der Waals surface area (Å²) in [5.74, 6) is -0.283. The van der Waals surface area contributed by atoms with Gasteiger partial charge in [-0.25, -0.2) is 5.48 Å². The van der Waals surface area contributed by atoms with Gasteiger partial charge in [0.25, 0.3) is 5.91 Å². The zero-order valence-corrected chi connectivity index (χ0v) is 7.38. The molecule has 1 atom stereocenters. The first kappa shape index (κ1) is 11.4. The minimum Gasteiger partial charge on any atom is -0.330 e. The largest absolute Gasteiger partial charge is 0.330 e. The molecule has 0 aliphatic carbocycles. The lowest BCUT2D eigenvalue weighted by atomic mass is 10.1. The number of hydrogen-bond acceptors (Lipinski definition) is 4. The van der Waals surface area contributed by atoms with Crippen LogP contribution in [0.4, 0.5) is 0 Å². The number of unbranched alkanes of at least 4 members (excludes halogenated alkanes) is 1. The van der Waals surface area contributed by atoms with Crippen LogP contribution < -0.4 is 16.9 Å². The van der Waals surface area contributed by atoms with E-state index >= 15 is 0 Å². The maximum Gasteiger partial charge on any atom is 0.260 e. The summed E-state index contributed by atoms with van der Waals surface area (Å²) in [5.41, 5.74) is 13.0. The molecule has 0 aliphatic heterocycles. The van der Waals surface area contributed by atoms with Crippen LogP contribution in [0.25, 0.3) is 0 Å². The maximum absolute atomic E-state index is 10.9. The molecule has 0 bridgehead atoms. The van der Waals surface area contributed by atoms with Gasteiger partial charge in [-0.2, -0.15) is 0 Å². The van der Waals surface area contributed by atoms with Crippen molar-refractivity contribution in [2.45, 2.75) is 25.3 Å². The Kier molecular flexibility index (Phi) is 6.64. The van der Waals surface area contributed by atoms with E-state index in [1.165, 1.54) is 7.11 Å². The first-order valence-corrected chi connectivity index (χ1v) is 4.01. The quantitative estimate of drug-likeness (QED) is 0.361. The number of nitrogens with one attached hydrogen (secondary N) is 1. The van der Waals surface area contributed by atoms with Crippen LogP contribution in [0.3, 0.4) is 0 Å². The van der Waals surface area contributed by atoms with Crippen molar-refractivity contribution in [3.05, 3.63) is 0 Å². The summed E-state index contributed by atoms with van der Waals surface area (Å²) in [5, 5.41) is 0. The second-order valence-corrected chi connectivity index (χ2v) is 2.56. The number of hydrogen-bond donors (Lipinski definition) is 3. The predicted octanol–water partition coefficient (Wildman–Crippen LogP) is -0.880. The molecule has 72 valence electrons. The molecular formula is C7H17N3O2. The fourth-order valence-corrected chi connectivity index (χ4v) is 0.816. The van der Waals surface area contributed by atoms with Gasteiger partial charge in [-0.3, -0.25) is 9.63 Å². The van der Waals surface area contributed by atoms with E-state index in [0.717, 1.165) is 12.8 Å². The number of nitrogens with two attached hydrogens (primary N) is 2. The average Bonchev–Trinajstić information content (AvgIpc) is 2.05. The number of carbonyl (C=O) groups excluding carboxylic acids is 1. The Hall–Kier alpha value is -0.650. The number of amides is 1. The van der Waals surface area contributed by atoms with E-state index in [9.17, 15) is 4.79 Å². The molecule has 0 aliphatic rings. The lowest BCUT2D eigenvalue weighted by Crippen LogP contribution is -2.39. The van der Waals surface area contributed by atoms with Gasteiger partial charge in [0.05, 0.1) is 13.2 Å². The SMILES string of the molecule is CONC(=O)[C@@H](N)CCCCN. The van der Waals surface area contributed by atoms with E-state index in [1.807, 2.05) is 0 Å². The van der Waals surface area contributed by atoms with Crippen LogP contribution in [0.15, 0.2) is 0 Å². The fourth-order valence-electron chi connectivity index (χ4n) is 0.816. The molecule has 0 saturated heterocycles. The van der Waals surface area contributed by atoms with Gasteiger partial charge in [0, 0.05) is 0 Å². The molecule has 0 spiro atoms. The molecule has 12 heavy (non-hydrogen) atoms. The van der Waals surface area contributed by atoms with Gasteiger partial charge < -0.3 is 11.5 Å². The van der Waals surface area contributed by atoms with Gasteiger partial charge in [-0.1, -0.05) is 6.42 Å². The molecule has 5 N–H and O–H groups in total. The van der Waals surface area contributed by atoms with E-state index in [-0.39, 0.29) is 5.91 Å². The number of carbonyl (C=O) groups is 1. The Bertz CT molecular complexity index is 130. The summed E-state index contributed by atoms with van der Waals surface area (Å²) < 4.78 is 0. The molecule has 5 heteroatoms. The molecule has 0 unspecified atom stereocenters. The first-order chi connectivity index (χ1) is 5.72. The highest BCUT2D eigenvalue weighted by Gasteiger charge is 2.11. The monoisotopic (exact) mass is 175 g/mol. The van der Waals surface area contributed by atoms with Crippen LogP contribution >= 0.6 is 0 Å². The first-order valence-electron chi connectivity index (χ1n) is 4.01. The highest BCUT2D eigenvalue weighted by atomic mass is 16.6. The summed E-state index contributed by atoms with van der Waals surface area (Å²) in [6.45, 7) is 0.638. The van der Waals surface area contributed by atoms with E-state index < -0.39 is 6.04 Å². The molecule has 0 saturated carbocycles. The molecule has 0 aromatic heterocycles. The Morgan fingerprint density at radius 1 is 1.58 bits per heavy atom. The van der Waals surface area contributed by atoms with Crippen LogP contribution in [0.5, 0.6) is 0 Å². The molecular weight excluding hydrogens is 158 g/mol. The molecule has 0 fully saturated rings. The summed E-state index contributed by atoms with van der Waals surface area (Å²) in [6.07, 6.45) is 2.41. The van der Waals surface area contributed by atoms with Crippen molar-refractivity contribution in [3.8, 4) is 0 Å². The van der Waals surface area contributed by atoms with Gasteiger partial charge >= 0.3 is 0 Å². The lowest BCUT2D eigenvalue weighted by molar-refractivity contribution is -0.132. The smallest absolute Gasteiger partial charge is 0.260 e. The Balaban J connectivity index is 3.42. The summed E-state index contributed by atoms with van der Waals surface area (Å²) in [4.78, 5) is 15.4. The lowest BCUT2D eigenvalue weighted by Gasteiger charge is -2.09. The van der Waals surface area contributed by atoms with Crippen LogP contribution in [0.1, 0.15) is 19.3 Å². The zero-order chi connectivity index (χ0) is 9.40. The number of hydroxylamine groups is 1. The molecule has 1 amide bonds. The molecule has 0 aromatic carbocycles. The third-order valence-electron chi connectivity index (χ3n) is 1.51. The minimum atomic E-state index is -0.489. The van der Waals surface area contributed by atoms with Crippen molar-refractivity contribution in [2.75, 3.05) is 13.7 Å². The topological polar surface area (TPSA) is 90.4 Å². The van der Waals surface area contributed by atoms with Crippen molar-refractivity contribution < 1.29 is 9.63 Å². The number of rotatable bonds is 6. The van der Waals surface area contributed by atoms with Crippen molar-refractivity contribution in [3.63, 3.8) is 0 Å². The summed E-state index contributed by atoms with van der Waals surface area (Å²) in [7, 11) is 1.38. The fraction of sp³-hybridized carbons (Fsp3) is 0.857. The van der Waals surface area contributed by atoms with E-state index in [2.05, 4.69) is 10.3 Å². The van der Waals surface area contributed by atoms with Crippen molar-refractivity contribution in [1.82, 2.24) is 5.48 Å². The second-order valence-electron chi connectivity index (χ2n) is 2.56. The molecule has 0 rings (SSSR count). The van der Waals surface area contributed by atoms with Crippen molar-refractivity contribution >= 4 is 5.91 Å². The van der Waals surface area contributed by atoms with Crippen LogP contribution in [-0.4, -0.2) is 25.6 Å². The van der Waals surface area contributed by atoms with Gasteiger partial charge in [-0.15, -0.1) is 0 Å². The Morgan fingerprint density at radius 2 is 2.25 bits per heavy atom. The van der Waals surface area contributed by atoms with Gasteiger partial charge in [0.15, 0.2) is 0 Å². The molecule has 0 aromatic rings. The van der Waals surface area contributed by atoms with E-state index in [4.69, 9.17) is 11.5 Å². The highest BCUT2D eigenvalue weighted by molar-refractivity contribution is 5.80.